The van der Waals surface area contributed by atoms with Crippen LogP contribution in [0.4, 0.5) is 5.95 Å². The lowest BCUT2D eigenvalue weighted by Gasteiger charge is -2.34. The second kappa shape index (κ2) is 12.1. The minimum atomic E-state index is -0.540. The second-order valence-electron chi connectivity index (χ2n) is 8.22. The van der Waals surface area contributed by atoms with Crippen molar-refractivity contribution in [2.75, 3.05) is 44.2 Å². The Morgan fingerprint density at radius 2 is 1.72 bits per heavy atom. The van der Waals surface area contributed by atoms with Gasteiger partial charge in [-0.15, -0.1) is 0 Å². The predicted octanol–water partition coefficient (Wildman–Crippen LogP) is 1.95. The average molecular weight is 439 g/mol. The summed E-state index contributed by atoms with van der Waals surface area (Å²) in [7, 11) is 0. The second-order valence-corrected chi connectivity index (χ2v) is 8.22. The molecule has 1 aliphatic rings. The highest BCUT2D eigenvalue weighted by molar-refractivity contribution is 5.97. The Bertz CT molecular complexity index is 840. The average Bonchev–Trinajstić information content (AvgIpc) is 2.86. The molecule has 8 nitrogen and oxygen atoms in total. The maximum absolute atomic E-state index is 12.8. The summed E-state index contributed by atoms with van der Waals surface area (Å²) in [4.78, 5) is 38.6. The first-order chi connectivity index (χ1) is 15.6. The molecule has 1 saturated heterocycles. The third-order valence-corrected chi connectivity index (χ3v) is 5.98. The van der Waals surface area contributed by atoms with Crippen molar-refractivity contribution < 1.29 is 9.59 Å². The van der Waals surface area contributed by atoms with Crippen LogP contribution in [-0.2, 0) is 4.79 Å². The fraction of sp³-hybridized carbons (Fsp3) is 0.500. The Hall–Kier alpha value is -3.00. The fourth-order valence-corrected chi connectivity index (χ4v) is 3.77. The largest absolute Gasteiger partial charge is 0.354 e. The van der Waals surface area contributed by atoms with E-state index in [0.29, 0.717) is 12.1 Å². The van der Waals surface area contributed by atoms with Gasteiger partial charge in [-0.05, 0) is 37.1 Å². The number of carbonyl (C=O) groups is 2. The lowest BCUT2D eigenvalue weighted by Crippen LogP contribution is -2.51. The number of nitrogens with one attached hydrogen (secondary N) is 2. The van der Waals surface area contributed by atoms with Gasteiger partial charge in [0.2, 0.25) is 11.9 Å². The molecule has 3 rings (SSSR count). The molecular weight excluding hydrogens is 404 g/mol. The molecule has 0 spiro atoms. The van der Waals surface area contributed by atoms with Crippen molar-refractivity contribution in [3.8, 4) is 0 Å². The summed E-state index contributed by atoms with van der Waals surface area (Å²) in [6.07, 6.45) is 5.22. The van der Waals surface area contributed by atoms with Gasteiger partial charge in [0, 0.05) is 50.7 Å². The number of nitrogens with zero attached hydrogens (tertiary/aromatic N) is 4. The van der Waals surface area contributed by atoms with Gasteiger partial charge in [0.25, 0.3) is 5.91 Å². The molecule has 1 aliphatic heterocycles. The standard InChI is InChI=1S/C24H34N6O2/c1-3-19(2)21(28-22(31)20-9-5-4-6-10-20)23(32)25-13-8-14-29-15-17-30(18-16-29)24-26-11-7-12-27-24/h4-7,9-12,19,21H,3,8,13-18H2,1-2H3,(H,25,32)(H,28,31). The molecule has 32 heavy (non-hydrogen) atoms. The SMILES string of the molecule is CCC(C)C(NC(=O)c1ccccc1)C(=O)NCCCN1CCN(c2ncccn2)CC1. The maximum Gasteiger partial charge on any atom is 0.251 e. The van der Waals surface area contributed by atoms with Crippen LogP contribution in [0.2, 0.25) is 0 Å². The van der Waals surface area contributed by atoms with Crippen molar-refractivity contribution in [1.82, 2.24) is 25.5 Å². The fourth-order valence-electron chi connectivity index (χ4n) is 3.77. The first-order valence-corrected chi connectivity index (χ1v) is 11.5. The van der Waals surface area contributed by atoms with Crippen molar-refractivity contribution in [1.29, 1.82) is 0 Å². The monoisotopic (exact) mass is 438 g/mol. The van der Waals surface area contributed by atoms with Gasteiger partial charge in [0.05, 0.1) is 0 Å². The van der Waals surface area contributed by atoms with E-state index in [4.69, 9.17) is 0 Å². The molecule has 8 heteroatoms. The normalized spacial score (nSPS) is 16.2. The summed E-state index contributed by atoms with van der Waals surface area (Å²) in [5.74, 6) is 0.505. The van der Waals surface area contributed by atoms with Crippen LogP contribution in [0.15, 0.2) is 48.8 Å². The van der Waals surface area contributed by atoms with Gasteiger partial charge in [0.15, 0.2) is 0 Å². The van der Waals surface area contributed by atoms with E-state index < -0.39 is 6.04 Å². The van der Waals surface area contributed by atoms with E-state index >= 15 is 0 Å². The zero-order chi connectivity index (χ0) is 22.8. The van der Waals surface area contributed by atoms with Gasteiger partial charge in [-0.25, -0.2) is 9.97 Å². The maximum atomic E-state index is 12.8. The van der Waals surface area contributed by atoms with Gasteiger partial charge in [-0.2, -0.15) is 0 Å². The quantitative estimate of drug-likeness (QED) is 0.551. The Morgan fingerprint density at radius 3 is 2.38 bits per heavy atom. The predicted molar refractivity (Wildman–Crippen MR) is 125 cm³/mol. The molecule has 1 fully saturated rings. The molecule has 0 saturated carbocycles. The molecule has 2 heterocycles. The highest BCUT2D eigenvalue weighted by Gasteiger charge is 2.26. The lowest BCUT2D eigenvalue weighted by molar-refractivity contribution is -0.124. The van der Waals surface area contributed by atoms with Crippen LogP contribution in [0.3, 0.4) is 0 Å². The molecular formula is C24H34N6O2. The zero-order valence-corrected chi connectivity index (χ0v) is 19.0. The molecule has 1 aromatic heterocycles. The lowest BCUT2D eigenvalue weighted by atomic mass is 9.97. The van der Waals surface area contributed by atoms with Crippen LogP contribution in [0, 0.1) is 5.92 Å². The van der Waals surface area contributed by atoms with Crippen LogP contribution >= 0.6 is 0 Å². The van der Waals surface area contributed by atoms with Crippen LogP contribution in [0.5, 0.6) is 0 Å². The van der Waals surface area contributed by atoms with E-state index in [9.17, 15) is 9.59 Å². The number of amides is 2. The van der Waals surface area contributed by atoms with E-state index in [1.54, 1.807) is 24.5 Å². The summed E-state index contributed by atoms with van der Waals surface area (Å²) >= 11 is 0. The molecule has 2 unspecified atom stereocenters. The first kappa shape index (κ1) is 23.7. The number of hydrogen-bond acceptors (Lipinski definition) is 6. The smallest absolute Gasteiger partial charge is 0.251 e. The van der Waals surface area contributed by atoms with Crippen molar-refractivity contribution in [3.05, 3.63) is 54.4 Å². The summed E-state index contributed by atoms with van der Waals surface area (Å²) in [5.41, 5.74) is 0.564. The number of benzene rings is 1. The van der Waals surface area contributed by atoms with Crippen molar-refractivity contribution >= 4 is 17.8 Å². The Labute approximate surface area is 190 Å². The van der Waals surface area contributed by atoms with Crippen LogP contribution in [0.25, 0.3) is 0 Å². The molecule has 2 aromatic rings. The molecule has 0 radical (unpaired) electrons. The summed E-state index contributed by atoms with van der Waals surface area (Å²) in [6, 6.07) is 10.3. The number of hydrogen-bond donors (Lipinski definition) is 2. The van der Waals surface area contributed by atoms with E-state index in [0.717, 1.165) is 51.5 Å². The minimum absolute atomic E-state index is 0.0518. The first-order valence-electron chi connectivity index (χ1n) is 11.5. The number of carbonyl (C=O) groups excluding carboxylic acids is 2. The summed E-state index contributed by atoms with van der Waals surface area (Å²) in [6.45, 7) is 9.24. The van der Waals surface area contributed by atoms with Crippen molar-refractivity contribution in [2.45, 2.75) is 32.7 Å². The van der Waals surface area contributed by atoms with Crippen molar-refractivity contribution in [2.24, 2.45) is 5.92 Å². The van der Waals surface area contributed by atoms with Crippen LogP contribution in [-0.4, -0.2) is 72.0 Å². The molecule has 1 aromatic carbocycles. The third kappa shape index (κ3) is 6.75. The highest BCUT2D eigenvalue weighted by Crippen LogP contribution is 2.11. The highest BCUT2D eigenvalue weighted by atomic mass is 16.2. The minimum Gasteiger partial charge on any atom is -0.354 e. The van der Waals surface area contributed by atoms with Crippen LogP contribution in [0.1, 0.15) is 37.0 Å². The van der Waals surface area contributed by atoms with Crippen LogP contribution < -0.4 is 15.5 Å². The molecule has 2 atom stereocenters. The zero-order valence-electron chi connectivity index (χ0n) is 19.0. The van der Waals surface area contributed by atoms with E-state index in [1.807, 2.05) is 38.1 Å². The number of aromatic nitrogens is 2. The van der Waals surface area contributed by atoms with Crippen molar-refractivity contribution in [3.63, 3.8) is 0 Å². The number of piperazine rings is 1. The summed E-state index contributed by atoms with van der Waals surface area (Å²) in [5, 5.41) is 5.93. The van der Waals surface area contributed by atoms with E-state index in [1.165, 1.54) is 0 Å². The summed E-state index contributed by atoms with van der Waals surface area (Å²) < 4.78 is 0. The molecule has 0 aliphatic carbocycles. The van der Waals surface area contributed by atoms with Gasteiger partial charge in [-0.1, -0.05) is 38.5 Å². The molecule has 172 valence electrons. The van der Waals surface area contributed by atoms with Gasteiger partial charge in [-0.3, -0.25) is 14.5 Å². The Morgan fingerprint density at radius 1 is 1.03 bits per heavy atom. The topological polar surface area (TPSA) is 90.5 Å². The molecule has 2 amide bonds. The third-order valence-electron chi connectivity index (χ3n) is 5.98. The Kier molecular flexibility index (Phi) is 8.98. The van der Waals surface area contributed by atoms with E-state index in [2.05, 4.69) is 30.4 Å². The molecule has 0 bridgehead atoms. The Balaban J connectivity index is 1.40. The number of anilines is 1. The van der Waals surface area contributed by atoms with Gasteiger partial charge < -0.3 is 15.5 Å². The number of rotatable bonds is 10. The van der Waals surface area contributed by atoms with Gasteiger partial charge >= 0.3 is 0 Å². The van der Waals surface area contributed by atoms with Gasteiger partial charge in [0.1, 0.15) is 6.04 Å². The molecule has 2 N–H and O–H groups in total. The van der Waals surface area contributed by atoms with E-state index in [-0.39, 0.29) is 17.7 Å².